The Hall–Kier alpha value is -0.490. The highest BCUT2D eigenvalue weighted by Gasteiger charge is 2.17. The number of aryl methyl sites for hydroxylation is 1. The highest BCUT2D eigenvalue weighted by molar-refractivity contribution is 7.39. The molecule has 0 bridgehead atoms. The fourth-order valence-corrected chi connectivity index (χ4v) is 2.19. The molecule has 9 heteroatoms. The van der Waals surface area contributed by atoms with E-state index < -0.39 is 16.9 Å². The molecule has 0 heterocycles. The molecule has 21 heavy (non-hydrogen) atoms. The van der Waals surface area contributed by atoms with Gasteiger partial charge in [0.05, 0.1) is 0 Å². The van der Waals surface area contributed by atoms with Gasteiger partial charge < -0.3 is 9.79 Å². The van der Waals surface area contributed by atoms with Crippen LogP contribution in [-0.2, 0) is 26.5 Å². The van der Waals surface area contributed by atoms with Crippen LogP contribution in [-0.4, -0.2) is 39.6 Å². The van der Waals surface area contributed by atoms with Crippen LogP contribution in [0, 0.1) is 0 Å². The van der Waals surface area contributed by atoms with E-state index in [9.17, 15) is 4.57 Å². The van der Waals surface area contributed by atoms with E-state index in [1.54, 1.807) is 4.90 Å². The lowest BCUT2D eigenvalue weighted by Crippen LogP contribution is -2.29. The van der Waals surface area contributed by atoms with Crippen LogP contribution in [0.15, 0.2) is 24.3 Å². The Kier molecular flexibility index (Phi) is 9.08. The van der Waals surface area contributed by atoms with Crippen LogP contribution < -0.4 is 0 Å². The van der Waals surface area contributed by atoms with E-state index in [4.69, 9.17) is 19.2 Å². The van der Waals surface area contributed by atoms with Gasteiger partial charge in [0.15, 0.2) is 6.73 Å². The zero-order chi connectivity index (χ0) is 15.7. The molecule has 0 spiro atoms. The Morgan fingerprint density at radius 3 is 2.33 bits per heavy atom. The fourth-order valence-electron chi connectivity index (χ4n) is 1.66. The summed E-state index contributed by atoms with van der Waals surface area (Å²) in [6.45, 7) is 2.37. The number of nitrogens with zero attached hydrogens (tertiary/aromatic N) is 1. The van der Waals surface area contributed by atoms with Crippen LogP contribution in [0.25, 0.3) is 0 Å². The van der Waals surface area contributed by atoms with Crippen molar-refractivity contribution in [3.8, 4) is 0 Å². The summed E-state index contributed by atoms with van der Waals surface area (Å²) < 4.78 is 19.9. The van der Waals surface area contributed by atoms with Gasteiger partial charge in [-0.1, -0.05) is 31.2 Å². The molecule has 1 aromatic carbocycles. The van der Waals surface area contributed by atoms with Crippen molar-refractivity contribution < 1.29 is 28.3 Å². The topological polar surface area (TPSA) is 99.5 Å². The smallest absolute Gasteiger partial charge is 0.328 e. The van der Waals surface area contributed by atoms with Crippen LogP contribution in [0.1, 0.15) is 18.1 Å². The van der Waals surface area contributed by atoms with E-state index in [0.29, 0.717) is 13.0 Å². The van der Waals surface area contributed by atoms with Gasteiger partial charge in [-0.3, -0.25) is 9.42 Å². The molecule has 0 radical (unpaired) electrons. The van der Waals surface area contributed by atoms with E-state index in [2.05, 4.69) is 23.6 Å². The molecule has 1 unspecified atom stereocenters. The molecule has 0 amide bonds. The number of hydrogen-bond donors (Lipinski definition) is 3. The Balaban J connectivity index is 2.47. The highest BCUT2D eigenvalue weighted by atomic mass is 31.2. The largest absolute Gasteiger partial charge is 0.696 e. The molecule has 0 aromatic heterocycles. The zero-order valence-electron chi connectivity index (χ0n) is 11.8. The van der Waals surface area contributed by atoms with Gasteiger partial charge in [0.1, 0.15) is 6.73 Å². The highest BCUT2D eigenvalue weighted by Crippen LogP contribution is 2.24. The van der Waals surface area contributed by atoms with E-state index in [-0.39, 0.29) is 13.5 Å². The van der Waals surface area contributed by atoms with Crippen LogP contribution in [0.3, 0.4) is 0 Å². The van der Waals surface area contributed by atoms with Crippen LogP contribution in [0.4, 0.5) is 0 Å². The predicted molar refractivity (Wildman–Crippen MR) is 79.3 cm³/mol. The minimum atomic E-state index is -2.70. The summed E-state index contributed by atoms with van der Waals surface area (Å²) in [7, 11) is -5.16. The monoisotopic (exact) mass is 336 g/mol. The summed E-state index contributed by atoms with van der Waals surface area (Å²) >= 11 is 0. The van der Waals surface area contributed by atoms with Crippen LogP contribution in [0.2, 0.25) is 0 Å². The molecule has 7 nitrogen and oxygen atoms in total. The van der Waals surface area contributed by atoms with Crippen molar-refractivity contribution in [3.63, 3.8) is 0 Å². The second kappa shape index (κ2) is 10.3. The summed E-state index contributed by atoms with van der Waals surface area (Å²) in [5.41, 5.74) is 2.37. The molecular formula is C12H20NO6P2+. The summed E-state index contributed by atoms with van der Waals surface area (Å²) in [5, 5.41) is 0. The van der Waals surface area contributed by atoms with Crippen molar-refractivity contribution in [1.82, 2.24) is 4.90 Å². The third-order valence-corrected chi connectivity index (χ3v) is 3.54. The number of hydrogen-bond acceptors (Lipinski definition) is 6. The lowest BCUT2D eigenvalue weighted by molar-refractivity contribution is 0.0471. The third kappa shape index (κ3) is 8.51. The van der Waals surface area contributed by atoms with E-state index in [0.717, 1.165) is 12.0 Å². The maximum Gasteiger partial charge on any atom is 0.696 e. The minimum absolute atomic E-state index is 0.0884. The molecule has 118 valence electrons. The van der Waals surface area contributed by atoms with Gasteiger partial charge in [0.25, 0.3) is 0 Å². The Morgan fingerprint density at radius 2 is 1.81 bits per heavy atom. The summed E-state index contributed by atoms with van der Waals surface area (Å²) in [6.07, 6.45) is 1.67. The second-order valence-electron chi connectivity index (χ2n) is 4.32. The third-order valence-electron chi connectivity index (χ3n) is 2.85. The van der Waals surface area contributed by atoms with Gasteiger partial charge in [-0.15, -0.1) is 9.42 Å². The number of benzene rings is 1. The first kappa shape index (κ1) is 18.6. The Labute approximate surface area is 126 Å². The molecule has 3 N–H and O–H groups in total. The quantitative estimate of drug-likeness (QED) is 0.443. The van der Waals surface area contributed by atoms with E-state index >= 15 is 0 Å². The Bertz CT molecular complexity index is 428. The molecule has 0 saturated carbocycles. The van der Waals surface area contributed by atoms with Crippen molar-refractivity contribution in [2.45, 2.75) is 19.8 Å². The first-order chi connectivity index (χ1) is 10.0. The van der Waals surface area contributed by atoms with E-state index in [1.165, 1.54) is 5.56 Å². The average Bonchev–Trinajstić information content (AvgIpc) is 2.46. The standard InChI is InChI=1S/C12H19NO6P2/c1-2-11-3-5-12(6-4-11)7-8-13(9-18-20(14)15)10-19-21(16)17/h3-6,14-15H,2,7-10H2,1H3/p+1. The molecule has 0 aliphatic carbocycles. The van der Waals surface area contributed by atoms with Crippen molar-refractivity contribution in [3.05, 3.63) is 35.4 Å². The molecule has 0 saturated heterocycles. The molecule has 1 rings (SSSR count). The SMILES string of the molecule is CCc1ccc(CCN(COP(O)O)CO[P+](=O)O)cc1. The maximum atomic E-state index is 10.6. The zero-order valence-corrected chi connectivity index (χ0v) is 13.5. The van der Waals surface area contributed by atoms with Crippen molar-refractivity contribution >= 4 is 16.9 Å². The van der Waals surface area contributed by atoms with Gasteiger partial charge in [0, 0.05) is 11.1 Å². The van der Waals surface area contributed by atoms with Crippen molar-refractivity contribution in [2.75, 3.05) is 20.0 Å². The summed E-state index contributed by atoms with van der Waals surface area (Å²) in [6, 6.07) is 8.16. The number of rotatable bonds is 10. The van der Waals surface area contributed by atoms with Crippen LogP contribution >= 0.6 is 16.9 Å². The van der Waals surface area contributed by atoms with Gasteiger partial charge >= 0.3 is 16.9 Å². The van der Waals surface area contributed by atoms with E-state index in [1.807, 2.05) is 12.1 Å². The molecule has 0 aliphatic heterocycles. The summed E-state index contributed by atoms with van der Waals surface area (Å²) in [4.78, 5) is 27.7. The van der Waals surface area contributed by atoms with Gasteiger partial charge in [-0.2, -0.15) is 0 Å². The molecule has 0 aliphatic rings. The lowest BCUT2D eigenvalue weighted by atomic mass is 10.1. The first-order valence-electron chi connectivity index (χ1n) is 6.41. The fraction of sp³-hybridized carbons (Fsp3) is 0.500. The predicted octanol–water partition coefficient (Wildman–Crippen LogP) is 1.90. The van der Waals surface area contributed by atoms with Crippen molar-refractivity contribution in [1.29, 1.82) is 0 Å². The maximum absolute atomic E-state index is 10.6. The molecular weight excluding hydrogens is 316 g/mol. The lowest BCUT2D eigenvalue weighted by Gasteiger charge is -2.19. The second-order valence-corrected chi connectivity index (χ2v) is 5.82. The normalized spacial score (nSPS) is 12.2. The molecule has 0 fully saturated rings. The summed E-state index contributed by atoms with van der Waals surface area (Å²) in [5.74, 6) is 0. The minimum Gasteiger partial charge on any atom is -0.328 e. The molecule has 1 atom stereocenters. The molecule has 1 aromatic rings. The first-order valence-corrected chi connectivity index (χ1v) is 8.70. The van der Waals surface area contributed by atoms with Gasteiger partial charge in [-0.25, -0.2) is 0 Å². The average molecular weight is 336 g/mol. The Morgan fingerprint density at radius 1 is 1.19 bits per heavy atom. The van der Waals surface area contributed by atoms with Crippen LogP contribution in [0.5, 0.6) is 0 Å². The van der Waals surface area contributed by atoms with Gasteiger partial charge in [-0.05, 0) is 24.0 Å². The van der Waals surface area contributed by atoms with Gasteiger partial charge in [0.2, 0.25) is 0 Å². The van der Waals surface area contributed by atoms with Crippen molar-refractivity contribution in [2.24, 2.45) is 0 Å².